The molecule has 130 valence electrons. The van der Waals surface area contributed by atoms with Crippen molar-refractivity contribution in [1.29, 1.82) is 0 Å². The second kappa shape index (κ2) is 6.03. The Labute approximate surface area is 157 Å². The summed E-state index contributed by atoms with van der Waals surface area (Å²) in [6, 6.07) is 28.3. The van der Waals surface area contributed by atoms with E-state index in [0.717, 1.165) is 49.8 Å². The maximum Gasteiger partial charge on any atom is 0.135 e. The van der Waals surface area contributed by atoms with Gasteiger partial charge in [0.05, 0.1) is 0 Å². The van der Waals surface area contributed by atoms with E-state index in [9.17, 15) is 5.11 Å². The Morgan fingerprint density at radius 2 is 1.33 bits per heavy atom. The van der Waals surface area contributed by atoms with E-state index >= 15 is 0 Å². The Morgan fingerprint density at radius 1 is 0.630 bits per heavy atom. The zero-order valence-corrected chi connectivity index (χ0v) is 14.9. The van der Waals surface area contributed by atoms with Gasteiger partial charge in [-0.15, -0.1) is 0 Å². The quantitative estimate of drug-likeness (QED) is 0.374. The first-order valence-corrected chi connectivity index (χ1v) is 9.01. The van der Waals surface area contributed by atoms with Crippen LogP contribution in [0, 0.1) is 6.92 Å². The van der Waals surface area contributed by atoms with Crippen LogP contribution in [0.25, 0.3) is 44.2 Å². The number of hydrogen-bond donors (Lipinski definition) is 1. The van der Waals surface area contributed by atoms with Crippen LogP contribution in [0.5, 0.6) is 5.75 Å². The maximum atomic E-state index is 10.3. The SMILES string of the molecule is Cc1ccc(-c2ccc3oc4ccccc4c3c2)cc1-c1ccccc1O. The predicted molar refractivity (Wildman–Crippen MR) is 111 cm³/mol. The highest BCUT2D eigenvalue weighted by Gasteiger charge is 2.11. The van der Waals surface area contributed by atoms with E-state index < -0.39 is 0 Å². The van der Waals surface area contributed by atoms with Crippen LogP contribution in [-0.2, 0) is 0 Å². The van der Waals surface area contributed by atoms with E-state index in [0.29, 0.717) is 5.75 Å². The molecule has 0 aliphatic heterocycles. The van der Waals surface area contributed by atoms with Gasteiger partial charge in [0.2, 0.25) is 0 Å². The molecule has 0 amide bonds. The van der Waals surface area contributed by atoms with Gasteiger partial charge in [0.15, 0.2) is 0 Å². The monoisotopic (exact) mass is 350 g/mol. The third-order valence-corrected chi connectivity index (χ3v) is 5.14. The third-order valence-electron chi connectivity index (χ3n) is 5.14. The molecule has 2 nitrogen and oxygen atoms in total. The molecule has 0 saturated carbocycles. The topological polar surface area (TPSA) is 33.4 Å². The van der Waals surface area contributed by atoms with Crippen molar-refractivity contribution in [3.8, 4) is 28.0 Å². The van der Waals surface area contributed by atoms with Gasteiger partial charge in [-0.1, -0.05) is 54.6 Å². The first-order valence-electron chi connectivity index (χ1n) is 9.01. The van der Waals surface area contributed by atoms with Crippen LogP contribution in [-0.4, -0.2) is 5.11 Å². The number of rotatable bonds is 2. The van der Waals surface area contributed by atoms with E-state index in [1.54, 1.807) is 6.07 Å². The summed E-state index contributed by atoms with van der Waals surface area (Å²) in [6.07, 6.45) is 0. The molecule has 0 saturated heterocycles. The minimum atomic E-state index is 0.300. The maximum absolute atomic E-state index is 10.3. The van der Waals surface area contributed by atoms with Crippen molar-refractivity contribution in [3.63, 3.8) is 0 Å². The van der Waals surface area contributed by atoms with Crippen LogP contribution in [0.15, 0.2) is 89.3 Å². The molecular formula is C25H18O2. The Morgan fingerprint density at radius 3 is 2.22 bits per heavy atom. The van der Waals surface area contributed by atoms with Crippen LogP contribution >= 0.6 is 0 Å². The van der Waals surface area contributed by atoms with Crippen LogP contribution in [0.1, 0.15) is 5.56 Å². The molecule has 0 bridgehead atoms. The fraction of sp³-hybridized carbons (Fsp3) is 0.0400. The first-order chi connectivity index (χ1) is 13.2. The van der Waals surface area contributed by atoms with Gasteiger partial charge in [-0.2, -0.15) is 0 Å². The largest absolute Gasteiger partial charge is 0.507 e. The number of aromatic hydroxyl groups is 1. The predicted octanol–water partition coefficient (Wildman–Crippen LogP) is 6.93. The summed E-state index contributed by atoms with van der Waals surface area (Å²) in [4.78, 5) is 0. The van der Waals surface area contributed by atoms with Crippen molar-refractivity contribution in [1.82, 2.24) is 0 Å². The van der Waals surface area contributed by atoms with Crippen LogP contribution in [0.2, 0.25) is 0 Å². The molecule has 0 aliphatic rings. The summed E-state index contributed by atoms with van der Waals surface area (Å²) in [7, 11) is 0. The highest BCUT2D eigenvalue weighted by atomic mass is 16.3. The molecule has 5 aromatic rings. The van der Waals surface area contributed by atoms with Crippen molar-refractivity contribution in [2.45, 2.75) is 6.92 Å². The van der Waals surface area contributed by atoms with E-state index in [2.05, 4.69) is 43.3 Å². The van der Waals surface area contributed by atoms with E-state index in [4.69, 9.17) is 4.42 Å². The second-order valence-corrected chi connectivity index (χ2v) is 6.86. The summed E-state index contributed by atoms with van der Waals surface area (Å²) in [5, 5.41) is 12.5. The standard InChI is InChI=1S/C25H18O2/c1-16-10-11-17(14-21(16)19-6-2-4-8-23(19)26)18-12-13-25-22(15-18)20-7-3-5-9-24(20)27-25/h2-15,26H,1H3. The fourth-order valence-electron chi connectivity index (χ4n) is 3.70. The summed E-state index contributed by atoms with van der Waals surface area (Å²) < 4.78 is 5.94. The lowest BCUT2D eigenvalue weighted by molar-refractivity contribution is 0.477. The van der Waals surface area contributed by atoms with Crippen LogP contribution in [0.4, 0.5) is 0 Å². The molecule has 0 radical (unpaired) electrons. The Balaban J connectivity index is 1.70. The van der Waals surface area contributed by atoms with Gasteiger partial charge >= 0.3 is 0 Å². The van der Waals surface area contributed by atoms with E-state index in [-0.39, 0.29) is 0 Å². The fourth-order valence-corrected chi connectivity index (χ4v) is 3.70. The lowest BCUT2D eigenvalue weighted by Gasteiger charge is -2.11. The van der Waals surface area contributed by atoms with Gasteiger partial charge in [-0.05, 0) is 59.5 Å². The molecular weight excluding hydrogens is 332 g/mol. The van der Waals surface area contributed by atoms with Gasteiger partial charge in [-0.3, -0.25) is 0 Å². The molecule has 2 heteroatoms. The van der Waals surface area contributed by atoms with Crippen molar-refractivity contribution < 1.29 is 9.52 Å². The number of phenolic OH excluding ortho intramolecular Hbond substituents is 1. The minimum Gasteiger partial charge on any atom is -0.507 e. The number of hydrogen-bond acceptors (Lipinski definition) is 2. The van der Waals surface area contributed by atoms with Crippen molar-refractivity contribution in [2.75, 3.05) is 0 Å². The zero-order chi connectivity index (χ0) is 18.4. The minimum absolute atomic E-state index is 0.300. The number of phenols is 1. The summed E-state index contributed by atoms with van der Waals surface area (Å²) >= 11 is 0. The molecule has 27 heavy (non-hydrogen) atoms. The highest BCUT2D eigenvalue weighted by Crippen LogP contribution is 2.36. The normalized spacial score (nSPS) is 11.3. The molecule has 5 rings (SSSR count). The van der Waals surface area contributed by atoms with Crippen molar-refractivity contribution >= 4 is 21.9 Å². The van der Waals surface area contributed by atoms with Gasteiger partial charge in [0.25, 0.3) is 0 Å². The van der Waals surface area contributed by atoms with Crippen LogP contribution < -0.4 is 0 Å². The van der Waals surface area contributed by atoms with Gasteiger partial charge < -0.3 is 9.52 Å². The zero-order valence-electron chi connectivity index (χ0n) is 14.9. The van der Waals surface area contributed by atoms with E-state index in [1.807, 2.05) is 42.5 Å². The van der Waals surface area contributed by atoms with Gasteiger partial charge in [0, 0.05) is 16.3 Å². The lowest BCUT2D eigenvalue weighted by atomic mass is 9.94. The Bertz CT molecular complexity index is 1290. The summed E-state index contributed by atoms with van der Waals surface area (Å²) in [5.74, 6) is 0.300. The average molecular weight is 350 g/mol. The first kappa shape index (κ1) is 15.7. The molecule has 0 aliphatic carbocycles. The Kier molecular flexibility index (Phi) is 3.51. The van der Waals surface area contributed by atoms with Crippen molar-refractivity contribution in [3.05, 3.63) is 90.5 Å². The molecule has 0 fully saturated rings. The number of fused-ring (bicyclic) bond motifs is 3. The number of furan rings is 1. The summed E-state index contributed by atoms with van der Waals surface area (Å²) in [6.45, 7) is 2.07. The smallest absolute Gasteiger partial charge is 0.135 e. The van der Waals surface area contributed by atoms with Gasteiger partial charge in [0.1, 0.15) is 16.9 Å². The number of aryl methyl sites for hydroxylation is 1. The molecule has 1 aromatic heterocycles. The molecule has 0 atom stereocenters. The summed E-state index contributed by atoms with van der Waals surface area (Å²) in [5.41, 5.74) is 7.08. The second-order valence-electron chi connectivity index (χ2n) is 6.86. The molecule has 4 aromatic carbocycles. The lowest BCUT2D eigenvalue weighted by Crippen LogP contribution is -1.86. The number of benzene rings is 4. The average Bonchev–Trinajstić information content (AvgIpc) is 3.07. The molecule has 1 heterocycles. The van der Waals surface area contributed by atoms with E-state index in [1.165, 1.54) is 0 Å². The third kappa shape index (κ3) is 2.58. The van der Waals surface area contributed by atoms with Crippen LogP contribution in [0.3, 0.4) is 0 Å². The molecule has 0 unspecified atom stereocenters. The number of para-hydroxylation sites is 2. The Hall–Kier alpha value is -3.52. The van der Waals surface area contributed by atoms with Crippen molar-refractivity contribution in [2.24, 2.45) is 0 Å². The molecule has 0 spiro atoms. The highest BCUT2D eigenvalue weighted by molar-refractivity contribution is 6.06. The van der Waals surface area contributed by atoms with Gasteiger partial charge in [-0.25, -0.2) is 0 Å². The molecule has 1 N–H and O–H groups in total.